The molecule has 1 heterocycles. The van der Waals surface area contributed by atoms with Crippen LogP contribution in [0.2, 0.25) is 0 Å². The summed E-state index contributed by atoms with van der Waals surface area (Å²) in [5.41, 5.74) is 0.272. The number of benzene rings is 2. The predicted octanol–water partition coefficient (Wildman–Crippen LogP) is 4.48. The molecule has 0 bridgehead atoms. The van der Waals surface area contributed by atoms with Crippen molar-refractivity contribution in [1.82, 2.24) is 4.90 Å². The maximum atomic E-state index is 13.1. The molecular formula is C19H15F4NO. The van der Waals surface area contributed by atoms with E-state index in [0.717, 1.165) is 12.1 Å². The van der Waals surface area contributed by atoms with Crippen LogP contribution in [0, 0.1) is 5.82 Å². The Bertz CT molecular complexity index is 824. The Kier molecular flexibility index (Phi) is 4.37. The van der Waals surface area contributed by atoms with E-state index in [0.29, 0.717) is 12.1 Å². The molecule has 1 aliphatic heterocycles. The van der Waals surface area contributed by atoms with E-state index in [1.807, 2.05) is 0 Å². The summed E-state index contributed by atoms with van der Waals surface area (Å²) in [7, 11) is 1.75. The molecule has 0 saturated heterocycles. The van der Waals surface area contributed by atoms with E-state index in [-0.39, 0.29) is 16.9 Å². The first-order valence-corrected chi connectivity index (χ1v) is 7.65. The normalized spacial score (nSPS) is 18.3. The molecule has 2 aromatic rings. The number of allylic oxidation sites excluding steroid dienone is 1. The summed E-state index contributed by atoms with van der Waals surface area (Å²) in [4.78, 5) is 14.6. The molecule has 3 rings (SSSR count). The number of carbonyl (C=O) groups excluding carboxylic acids is 1. The van der Waals surface area contributed by atoms with Crippen LogP contribution in [0.4, 0.5) is 17.6 Å². The highest BCUT2D eigenvalue weighted by Gasteiger charge is 2.33. The van der Waals surface area contributed by atoms with E-state index in [2.05, 4.69) is 0 Å². The standard InChI is InChI=1S/C19H15F4NO/c1-24-10-16(12-5-7-15(20)8-6-12)18(25)17(11-24)13-3-2-4-14(9-13)19(21,22)23/h2-9,11,16H,10H2,1H3. The van der Waals surface area contributed by atoms with Crippen molar-refractivity contribution in [1.29, 1.82) is 0 Å². The maximum Gasteiger partial charge on any atom is 0.416 e. The molecule has 0 aromatic heterocycles. The predicted molar refractivity (Wildman–Crippen MR) is 86.2 cm³/mol. The van der Waals surface area contributed by atoms with Crippen LogP contribution in [0.25, 0.3) is 5.57 Å². The topological polar surface area (TPSA) is 20.3 Å². The molecule has 2 nitrogen and oxygen atoms in total. The lowest BCUT2D eigenvalue weighted by atomic mass is 9.85. The Morgan fingerprint density at radius 3 is 2.40 bits per heavy atom. The third-order valence-electron chi connectivity index (χ3n) is 4.18. The second kappa shape index (κ2) is 6.35. The highest BCUT2D eigenvalue weighted by Crippen LogP contribution is 2.34. The van der Waals surface area contributed by atoms with Gasteiger partial charge in [-0.25, -0.2) is 4.39 Å². The zero-order valence-electron chi connectivity index (χ0n) is 13.3. The van der Waals surface area contributed by atoms with Crippen LogP contribution >= 0.6 is 0 Å². The largest absolute Gasteiger partial charge is 0.416 e. The Balaban J connectivity index is 1.99. The summed E-state index contributed by atoms with van der Waals surface area (Å²) in [6, 6.07) is 10.3. The minimum Gasteiger partial charge on any atom is -0.379 e. The minimum absolute atomic E-state index is 0.217. The number of halogens is 4. The van der Waals surface area contributed by atoms with Crippen molar-refractivity contribution < 1.29 is 22.4 Å². The minimum atomic E-state index is -4.48. The SMILES string of the molecule is CN1C=C(c2cccc(C(F)(F)F)c2)C(=O)C(c2ccc(F)cc2)C1. The zero-order valence-corrected chi connectivity index (χ0v) is 13.3. The number of hydrogen-bond acceptors (Lipinski definition) is 2. The first kappa shape index (κ1) is 17.2. The maximum absolute atomic E-state index is 13.1. The second-order valence-corrected chi connectivity index (χ2v) is 6.03. The summed E-state index contributed by atoms with van der Waals surface area (Å²) >= 11 is 0. The van der Waals surface area contributed by atoms with Gasteiger partial charge in [0.1, 0.15) is 5.82 Å². The Morgan fingerprint density at radius 2 is 1.76 bits per heavy atom. The van der Waals surface area contributed by atoms with Gasteiger partial charge in [0, 0.05) is 25.4 Å². The van der Waals surface area contributed by atoms with E-state index < -0.39 is 23.5 Å². The third kappa shape index (κ3) is 3.57. The van der Waals surface area contributed by atoms with Crippen LogP contribution in [-0.2, 0) is 11.0 Å². The number of alkyl halides is 3. The van der Waals surface area contributed by atoms with Gasteiger partial charge in [0.25, 0.3) is 0 Å². The lowest BCUT2D eigenvalue weighted by molar-refractivity contribution is -0.137. The summed E-state index contributed by atoms with van der Waals surface area (Å²) in [5.74, 6) is -1.24. The van der Waals surface area contributed by atoms with E-state index in [9.17, 15) is 22.4 Å². The van der Waals surface area contributed by atoms with Gasteiger partial charge in [0.2, 0.25) is 0 Å². The molecule has 1 atom stereocenters. The molecule has 0 fully saturated rings. The molecule has 0 spiro atoms. The van der Waals surface area contributed by atoms with Crippen LogP contribution < -0.4 is 0 Å². The van der Waals surface area contributed by atoms with Gasteiger partial charge < -0.3 is 4.90 Å². The molecule has 0 amide bonds. The van der Waals surface area contributed by atoms with E-state index >= 15 is 0 Å². The van der Waals surface area contributed by atoms with Crippen molar-refractivity contribution in [3.8, 4) is 0 Å². The first-order valence-electron chi connectivity index (χ1n) is 7.65. The Labute approximate surface area is 142 Å². The van der Waals surface area contributed by atoms with Gasteiger partial charge in [-0.15, -0.1) is 0 Å². The summed E-state index contributed by atoms with van der Waals surface area (Å²) in [6.07, 6.45) is -2.92. The van der Waals surface area contributed by atoms with Gasteiger partial charge in [0.15, 0.2) is 5.78 Å². The second-order valence-electron chi connectivity index (χ2n) is 6.03. The lowest BCUT2D eigenvalue weighted by Gasteiger charge is -2.29. The zero-order chi connectivity index (χ0) is 18.2. The van der Waals surface area contributed by atoms with Gasteiger partial charge in [0.05, 0.1) is 11.5 Å². The van der Waals surface area contributed by atoms with Gasteiger partial charge >= 0.3 is 6.18 Å². The van der Waals surface area contributed by atoms with Crippen molar-refractivity contribution >= 4 is 11.4 Å². The highest BCUT2D eigenvalue weighted by atomic mass is 19.4. The van der Waals surface area contributed by atoms with E-state index in [1.54, 1.807) is 18.1 Å². The fourth-order valence-corrected chi connectivity index (χ4v) is 2.93. The van der Waals surface area contributed by atoms with Gasteiger partial charge in [-0.3, -0.25) is 4.79 Å². The number of likely N-dealkylation sites (N-methyl/N-ethyl adjacent to an activating group) is 1. The molecule has 0 saturated carbocycles. The van der Waals surface area contributed by atoms with Crippen LogP contribution in [0.15, 0.2) is 54.7 Å². The average Bonchev–Trinajstić information content (AvgIpc) is 2.57. The van der Waals surface area contributed by atoms with Crippen LogP contribution in [0.5, 0.6) is 0 Å². The Hall–Kier alpha value is -2.63. The van der Waals surface area contributed by atoms with Gasteiger partial charge in [-0.1, -0.05) is 24.3 Å². The fraction of sp³-hybridized carbons (Fsp3) is 0.211. The van der Waals surface area contributed by atoms with Crippen LogP contribution in [0.3, 0.4) is 0 Å². The monoisotopic (exact) mass is 349 g/mol. The smallest absolute Gasteiger partial charge is 0.379 e. The van der Waals surface area contributed by atoms with Crippen molar-refractivity contribution in [3.63, 3.8) is 0 Å². The van der Waals surface area contributed by atoms with Crippen molar-refractivity contribution in [3.05, 3.63) is 77.2 Å². The molecule has 0 aliphatic carbocycles. The molecule has 130 valence electrons. The molecule has 25 heavy (non-hydrogen) atoms. The molecule has 1 unspecified atom stereocenters. The van der Waals surface area contributed by atoms with E-state index in [1.165, 1.54) is 36.4 Å². The number of carbonyl (C=O) groups is 1. The fourth-order valence-electron chi connectivity index (χ4n) is 2.93. The molecular weight excluding hydrogens is 334 g/mol. The first-order chi connectivity index (χ1) is 11.8. The number of ketones is 1. The number of rotatable bonds is 2. The molecule has 0 radical (unpaired) electrons. The molecule has 6 heteroatoms. The van der Waals surface area contributed by atoms with Crippen molar-refractivity contribution in [2.24, 2.45) is 0 Å². The van der Waals surface area contributed by atoms with Crippen LogP contribution in [-0.4, -0.2) is 24.3 Å². The average molecular weight is 349 g/mol. The van der Waals surface area contributed by atoms with Crippen molar-refractivity contribution in [2.45, 2.75) is 12.1 Å². The lowest BCUT2D eigenvalue weighted by Crippen LogP contribution is -2.31. The number of Topliss-reactive ketones (excluding diaryl/α,β-unsaturated/α-hetero) is 1. The quantitative estimate of drug-likeness (QED) is 0.745. The number of nitrogens with zero attached hydrogens (tertiary/aromatic N) is 1. The van der Waals surface area contributed by atoms with Gasteiger partial charge in [-0.05, 0) is 35.4 Å². The summed E-state index contributed by atoms with van der Waals surface area (Å²) in [5, 5.41) is 0. The highest BCUT2D eigenvalue weighted by molar-refractivity contribution is 6.24. The summed E-state index contributed by atoms with van der Waals surface area (Å²) < 4.78 is 51.9. The third-order valence-corrected chi connectivity index (χ3v) is 4.18. The van der Waals surface area contributed by atoms with Crippen LogP contribution in [0.1, 0.15) is 22.6 Å². The number of hydrogen-bond donors (Lipinski definition) is 0. The Morgan fingerprint density at radius 1 is 1.08 bits per heavy atom. The van der Waals surface area contributed by atoms with Crippen molar-refractivity contribution in [2.75, 3.05) is 13.6 Å². The molecule has 0 N–H and O–H groups in total. The summed E-state index contributed by atoms with van der Waals surface area (Å²) in [6.45, 7) is 0.382. The van der Waals surface area contributed by atoms with Gasteiger partial charge in [-0.2, -0.15) is 13.2 Å². The molecule has 2 aromatic carbocycles. The van der Waals surface area contributed by atoms with E-state index in [4.69, 9.17) is 0 Å². The molecule has 1 aliphatic rings.